The topological polar surface area (TPSA) is 63.9 Å². The molecule has 2 aliphatic heterocycles. The molecule has 4 nitrogen and oxygen atoms in total. The van der Waals surface area contributed by atoms with E-state index in [1.807, 2.05) is 18.2 Å². The molecule has 0 bridgehead atoms. The van der Waals surface area contributed by atoms with E-state index in [4.69, 9.17) is 0 Å². The summed E-state index contributed by atoms with van der Waals surface area (Å²) in [6.07, 6.45) is -0.643. The Hall–Kier alpha value is -0.940. The fraction of sp³-hybridized carbons (Fsp3) is 0.571. The van der Waals surface area contributed by atoms with Gasteiger partial charge in [-0.15, -0.1) is 0 Å². The van der Waals surface area contributed by atoms with Crippen molar-refractivity contribution in [2.75, 3.05) is 13.2 Å². The van der Waals surface area contributed by atoms with Crippen LogP contribution in [0.3, 0.4) is 0 Å². The Bertz CT molecular complexity index is 411. The number of fused-ring (bicyclic) bond motifs is 1. The van der Waals surface area contributed by atoms with Gasteiger partial charge in [-0.2, -0.15) is 0 Å². The van der Waals surface area contributed by atoms with Crippen molar-refractivity contribution >= 4 is 0 Å². The molecule has 0 saturated carbocycles. The number of aliphatic hydroxyl groups is 3. The van der Waals surface area contributed by atoms with Gasteiger partial charge < -0.3 is 15.3 Å². The number of benzene rings is 1. The predicted octanol–water partition coefficient (Wildman–Crippen LogP) is -0.0592. The monoisotopic (exact) mass is 249 g/mol. The van der Waals surface area contributed by atoms with E-state index >= 15 is 0 Å². The van der Waals surface area contributed by atoms with Gasteiger partial charge in [0.1, 0.15) is 0 Å². The quantitative estimate of drug-likeness (QED) is 0.687. The molecule has 18 heavy (non-hydrogen) atoms. The third-order valence-corrected chi connectivity index (χ3v) is 4.43. The number of aliphatic hydroxyl groups excluding tert-OH is 3. The normalized spacial score (nSPS) is 40.1. The van der Waals surface area contributed by atoms with E-state index in [0.29, 0.717) is 0 Å². The lowest BCUT2D eigenvalue weighted by atomic mass is 9.88. The molecule has 4 heteroatoms. The lowest BCUT2D eigenvalue weighted by Crippen LogP contribution is -2.38. The van der Waals surface area contributed by atoms with E-state index in [1.165, 1.54) is 5.56 Å². The smallest absolute Gasteiger partial charge is 0.0991 e. The first kappa shape index (κ1) is 12.1. The highest BCUT2D eigenvalue weighted by Crippen LogP contribution is 2.42. The molecular weight excluding hydrogens is 230 g/mol. The van der Waals surface area contributed by atoms with Crippen molar-refractivity contribution in [3.63, 3.8) is 0 Å². The van der Waals surface area contributed by atoms with Crippen molar-refractivity contribution in [2.45, 2.75) is 36.6 Å². The van der Waals surface area contributed by atoms with Crippen LogP contribution in [0.4, 0.5) is 0 Å². The highest BCUT2D eigenvalue weighted by atomic mass is 16.3. The van der Waals surface area contributed by atoms with Gasteiger partial charge in [0.05, 0.1) is 24.9 Å². The van der Waals surface area contributed by atoms with Gasteiger partial charge in [-0.05, 0) is 18.5 Å². The molecule has 0 spiro atoms. The maximum Gasteiger partial charge on any atom is 0.0991 e. The van der Waals surface area contributed by atoms with Gasteiger partial charge in [-0.1, -0.05) is 30.3 Å². The first-order valence-corrected chi connectivity index (χ1v) is 6.51. The van der Waals surface area contributed by atoms with Crippen molar-refractivity contribution in [1.82, 2.24) is 4.90 Å². The molecule has 0 aliphatic carbocycles. The summed E-state index contributed by atoms with van der Waals surface area (Å²) in [5, 5.41) is 29.5. The summed E-state index contributed by atoms with van der Waals surface area (Å²) in [7, 11) is 0. The zero-order valence-corrected chi connectivity index (χ0v) is 10.2. The second kappa shape index (κ2) is 4.63. The second-order valence-electron chi connectivity index (χ2n) is 5.27. The molecule has 3 rings (SSSR count). The maximum absolute atomic E-state index is 10.2. The predicted molar refractivity (Wildman–Crippen MR) is 67.2 cm³/mol. The molecule has 0 unspecified atom stereocenters. The van der Waals surface area contributed by atoms with Crippen LogP contribution in [0.1, 0.15) is 17.9 Å². The SMILES string of the molecule is OC[C@H]1[C@@H](O)[C@@H](O)[C@@H]2[C@@H](c3ccccc3)CCN21. The molecule has 5 atom stereocenters. The van der Waals surface area contributed by atoms with Crippen LogP contribution < -0.4 is 0 Å². The number of rotatable bonds is 2. The van der Waals surface area contributed by atoms with Crippen molar-refractivity contribution in [2.24, 2.45) is 0 Å². The largest absolute Gasteiger partial charge is 0.395 e. The Morgan fingerprint density at radius 2 is 1.83 bits per heavy atom. The molecule has 0 amide bonds. The fourth-order valence-electron chi connectivity index (χ4n) is 3.56. The third-order valence-electron chi connectivity index (χ3n) is 4.43. The standard InChI is InChI=1S/C14H19NO3/c16-8-11-13(17)14(18)12-10(6-7-15(11)12)9-4-2-1-3-5-9/h1-5,10-14,16-18H,6-8H2/t10-,11+,12+,13-,14+/m1/s1. The summed E-state index contributed by atoms with van der Waals surface area (Å²) in [6.45, 7) is 0.722. The van der Waals surface area contributed by atoms with Crippen molar-refractivity contribution in [3.8, 4) is 0 Å². The summed E-state index contributed by atoms with van der Waals surface area (Å²) in [5.74, 6) is 0.243. The summed E-state index contributed by atoms with van der Waals surface area (Å²) < 4.78 is 0. The van der Waals surface area contributed by atoms with Crippen LogP contribution in [0, 0.1) is 0 Å². The summed E-state index contributed by atoms with van der Waals surface area (Å²) >= 11 is 0. The Morgan fingerprint density at radius 1 is 1.11 bits per heavy atom. The molecule has 2 aliphatic rings. The zero-order valence-electron chi connectivity index (χ0n) is 10.2. The Balaban J connectivity index is 1.89. The Morgan fingerprint density at radius 3 is 2.50 bits per heavy atom. The molecular formula is C14H19NO3. The minimum atomic E-state index is -0.841. The molecule has 1 aromatic rings. The van der Waals surface area contributed by atoms with Crippen LogP contribution in [-0.2, 0) is 0 Å². The average molecular weight is 249 g/mol. The summed E-state index contributed by atoms with van der Waals surface area (Å²) in [6, 6.07) is 9.72. The summed E-state index contributed by atoms with van der Waals surface area (Å²) in [4.78, 5) is 2.06. The van der Waals surface area contributed by atoms with Crippen LogP contribution in [0.15, 0.2) is 30.3 Å². The van der Waals surface area contributed by atoms with E-state index in [0.717, 1.165) is 13.0 Å². The van der Waals surface area contributed by atoms with Gasteiger partial charge in [0.25, 0.3) is 0 Å². The lowest BCUT2D eigenvalue weighted by Gasteiger charge is -2.25. The molecule has 2 fully saturated rings. The zero-order chi connectivity index (χ0) is 12.7. The van der Waals surface area contributed by atoms with Crippen molar-refractivity contribution in [3.05, 3.63) is 35.9 Å². The highest BCUT2D eigenvalue weighted by Gasteiger charge is 2.53. The highest BCUT2D eigenvalue weighted by molar-refractivity contribution is 5.26. The molecule has 98 valence electrons. The van der Waals surface area contributed by atoms with Gasteiger partial charge in [0, 0.05) is 12.0 Å². The van der Waals surface area contributed by atoms with Crippen molar-refractivity contribution in [1.29, 1.82) is 0 Å². The first-order chi connectivity index (χ1) is 8.74. The minimum absolute atomic E-state index is 0.0699. The fourth-order valence-corrected chi connectivity index (χ4v) is 3.56. The molecule has 2 heterocycles. The third kappa shape index (κ3) is 1.68. The van der Waals surface area contributed by atoms with Gasteiger partial charge >= 0.3 is 0 Å². The number of hydrogen-bond donors (Lipinski definition) is 3. The van der Waals surface area contributed by atoms with Crippen LogP contribution in [0.25, 0.3) is 0 Å². The van der Waals surface area contributed by atoms with Gasteiger partial charge in [-0.25, -0.2) is 0 Å². The molecule has 0 aromatic heterocycles. The van der Waals surface area contributed by atoms with Crippen LogP contribution in [0.2, 0.25) is 0 Å². The molecule has 1 aromatic carbocycles. The molecule has 3 N–H and O–H groups in total. The Labute approximate surface area is 106 Å². The van der Waals surface area contributed by atoms with E-state index in [2.05, 4.69) is 17.0 Å². The molecule has 2 saturated heterocycles. The maximum atomic E-state index is 10.2. The van der Waals surface area contributed by atoms with E-state index in [9.17, 15) is 15.3 Å². The van der Waals surface area contributed by atoms with Gasteiger partial charge in [-0.3, -0.25) is 4.90 Å². The first-order valence-electron chi connectivity index (χ1n) is 6.51. The van der Waals surface area contributed by atoms with Crippen LogP contribution >= 0.6 is 0 Å². The van der Waals surface area contributed by atoms with Crippen molar-refractivity contribution < 1.29 is 15.3 Å². The van der Waals surface area contributed by atoms with Gasteiger partial charge in [0.2, 0.25) is 0 Å². The number of nitrogens with zero attached hydrogens (tertiary/aromatic N) is 1. The lowest BCUT2D eigenvalue weighted by molar-refractivity contribution is 0.0139. The van der Waals surface area contributed by atoms with E-state index < -0.39 is 12.2 Å². The summed E-state index contributed by atoms with van der Waals surface area (Å²) in [5.41, 5.74) is 1.20. The van der Waals surface area contributed by atoms with Gasteiger partial charge in [0.15, 0.2) is 0 Å². The average Bonchev–Trinajstić information content (AvgIpc) is 2.92. The number of hydrogen-bond acceptors (Lipinski definition) is 4. The van der Waals surface area contributed by atoms with E-state index in [1.54, 1.807) is 0 Å². The molecule has 0 radical (unpaired) electrons. The van der Waals surface area contributed by atoms with E-state index in [-0.39, 0.29) is 24.6 Å². The van der Waals surface area contributed by atoms with Crippen LogP contribution in [-0.4, -0.2) is 57.7 Å². The Kier molecular flexibility index (Phi) is 3.11. The minimum Gasteiger partial charge on any atom is -0.395 e. The van der Waals surface area contributed by atoms with Crippen LogP contribution in [0.5, 0.6) is 0 Å². The second-order valence-corrected chi connectivity index (χ2v) is 5.27.